The lowest BCUT2D eigenvalue weighted by molar-refractivity contribution is -0.191. The van der Waals surface area contributed by atoms with E-state index in [9.17, 15) is 23.9 Å². The fraction of sp³-hybridized carbons (Fsp3) is 0.400. The van der Waals surface area contributed by atoms with Crippen molar-refractivity contribution in [1.82, 2.24) is 25.1 Å². The molecule has 3 heterocycles. The third kappa shape index (κ3) is 6.94. The lowest BCUT2D eigenvalue weighted by Gasteiger charge is -2.55. The van der Waals surface area contributed by atoms with Gasteiger partial charge in [0.25, 0.3) is 0 Å². The molecule has 6 rings (SSSR count). The lowest BCUT2D eigenvalue weighted by Crippen LogP contribution is -2.76. The largest absolute Gasteiger partial charge is 0.508 e. The van der Waals surface area contributed by atoms with Gasteiger partial charge in [-0.15, -0.1) is 0 Å². The van der Waals surface area contributed by atoms with Crippen LogP contribution in [-0.2, 0) is 29.1 Å². The van der Waals surface area contributed by atoms with Crippen molar-refractivity contribution in [2.24, 2.45) is 0 Å². The molecule has 3 aromatic carbocycles. The Morgan fingerprint density at radius 2 is 1.63 bits per heavy atom. The molecule has 0 spiro atoms. The van der Waals surface area contributed by atoms with Gasteiger partial charge in [-0.25, -0.2) is 19.2 Å². The maximum absolute atomic E-state index is 14.3. The average Bonchev–Trinajstić information content (AvgIpc) is 3.07. The Labute approximate surface area is 268 Å². The Hall–Kier alpha value is -4.64. The maximum atomic E-state index is 14.3. The van der Waals surface area contributed by atoms with Gasteiger partial charge >= 0.3 is 6.03 Å². The van der Waals surface area contributed by atoms with Gasteiger partial charge in [-0.1, -0.05) is 54.6 Å². The number of phenolic OH excluding ortho intramolecular Hbond substituents is 1. The summed E-state index contributed by atoms with van der Waals surface area (Å²) in [5.74, 6) is -0.456. The number of piperidine rings is 1. The standard InChI is InChI=1S/C35H41FN6O4/c36-16-19-40-25-33(44)41-31(21-26-12-14-30(43)15-13-26)34(45)39(23-28-10-7-11-29(20-28)38-17-5-2-6-18-38)24-32(41)42(40)35(46)37-22-27-8-3-1-4-9-27/h1,3-4,7-15,20,31-32,43H,2,5-6,16-19,21-25H2,(H,37,46)/t31-,32-/m0/s1. The highest BCUT2D eigenvalue weighted by atomic mass is 19.1. The molecule has 10 nitrogen and oxygen atoms in total. The van der Waals surface area contributed by atoms with Crippen molar-refractivity contribution in [3.05, 3.63) is 95.6 Å². The van der Waals surface area contributed by atoms with Crippen LogP contribution in [0.25, 0.3) is 0 Å². The molecule has 2 atom stereocenters. The van der Waals surface area contributed by atoms with E-state index in [1.807, 2.05) is 42.5 Å². The molecular formula is C35H41FN6O4. The summed E-state index contributed by atoms with van der Waals surface area (Å²) < 4.78 is 13.8. The van der Waals surface area contributed by atoms with Crippen LogP contribution in [0.3, 0.4) is 0 Å². The Balaban J connectivity index is 1.32. The SMILES string of the molecule is O=C1[C@H](Cc2ccc(O)cc2)N2C(=O)CN(CCF)N(C(=O)NCc3ccccc3)[C@H]2CN1Cc1cccc(N2CCCCC2)c1. The van der Waals surface area contributed by atoms with Crippen molar-refractivity contribution in [2.75, 3.05) is 44.3 Å². The van der Waals surface area contributed by atoms with Gasteiger partial charge in [0.05, 0.1) is 13.1 Å². The van der Waals surface area contributed by atoms with Gasteiger partial charge in [0.1, 0.15) is 24.6 Å². The molecule has 3 aliphatic heterocycles. The fourth-order valence-corrected chi connectivity index (χ4v) is 6.76. The molecule has 3 saturated heterocycles. The Morgan fingerprint density at radius 3 is 2.37 bits per heavy atom. The number of benzene rings is 3. The first-order valence-electron chi connectivity index (χ1n) is 16.0. The number of piperazine rings is 1. The molecule has 0 aliphatic carbocycles. The summed E-state index contributed by atoms with van der Waals surface area (Å²) in [5, 5.41) is 15.7. The smallest absolute Gasteiger partial charge is 0.334 e. The third-order valence-electron chi connectivity index (χ3n) is 9.04. The summed E-state index contributed by atoms with van der Waals surface area (Å²) in [4.78, 5) is 47.4. The highest BCUT2D eigenvalue weighted by molar-refractivity contribution is 5.91. The van der Waals surface area contributed by atoms with Crippen molar-refractivity contribution in [3.63, 3.8) is 0 Å². The van der Waals surface area contributed by atoms with Crippen LogP contribution in [0.15, 0.2) is 78.9 Å². The van der Waals surface area contributed by atoms with Crippen LogP contribution < -0.4 is 10.2 Å². The number of nitrogens with one attached hydrogen (secondary N) is 1. The zero-order valence-electron chi connectivity index (χ0n) is 25.9. The third-order valence-corrected chi connectivity index (χ3v) is 9.04. The van der Waals surface area contributed by atoms with Crippen LogP contribution in [0.2, 0.25) is 0 Å². The monoisotopic (exact) mass is 628 g/mol. The summed E-state index contributed by atoms with van der Waals surface area (Å²) in [6, 6.07) is 22.9. The fourth-order valence-electron chi connectivity index (χ4n) is 6.76. The molecule has 0 aromatic heterocycles. The Kier molecular flexibility index (Phi) is 9.68. The van der Waals surface area contributed by atoms with Gasteiger partial charge in [0.15, 0.2) is 0 Å². The number of phenols is 1. The van der Waals surface area contributed by atoms with Gasteiger partial charge < -0.3 is 25.1 Å². The Morgan fingerprint density at radius 1 is 0.891 bits per heavy atom. The number of hydrazine groups is 1. The quantitative estimate of drug-likeness (QED) is 0.373. The average molecular weight is 629 g/mol. The zero-order valence-corrected chi connectivity index (χ0v) is 25.9. The molecule has 0 unspecified atom stereocenters. The number of hydrogen-bond acceptors (Lipinski definition) is 6. The van der Waals surface area contributed by atoms with Gasteiger partial charge in [-0.3, -0.25) is 9.59 Å². The van der Waals surface area contributed by atoms with Gasteiger partial charge in [-0.05, 0) is 60.2 Å². The van der Waals surface area contributed by atoms with Crippen LogP contribution in [-0.4, -0.2) is 94.4 Å². The minimum atomic E-state index is -0.891. The molecule has 0 radical (unpaired) electrons. The number of aromatic hydroxyl groups is 1. The number of nitrogens with zero attached hydrogens (tertiary/aromatic N) is 5. The number of halogens is 1. The summed E-state index contributed by atoms with van der Waals surface area (Å²) in [6.07, 6.45) is 2.89. The van der Waals surface area contributed by atoms with Crippen molar-refractivity contribution in [1.29, 1.82) is 0 Å². The van der Waals surface area contributed by atoms with Gasteiger partial charge in [0, 0.05) is 44.8 Å². The summed E-state index contributed by atoms with van der Waals surface area (Å²) in [6.45, 7) is 1.52. The molecule has 11 heteroatoms. The van der Waals surface area contributed by atoms with E-state index in [0.717, 1.165) is 48.3 Å². The molecule has 242 valence electrons. The van der Waals surface area contributed by atoms with E-state index in [2.05, 4.69) is 22.3 Å². The number of carbonyl (C=O) groups is 3. The number of alkyl halides is 1. The maximum Gasteiger partial charge on any atom is 0.334 e. The second kappa shape index (κ2) is 14.2. The highest BCUT2D eigenvalue weighted by Gasteiger charge is 2.51. The molecule has 3 aromatic rings. The predicted octanol–water partition coefficient (Wildman–Crippen LogP) is 3.90. The molecule has 3 aliphatic rings. The normalized spacial score (nSPS) is 20.5. The first kappa shape index (κ1) is 31.3. The van der Waals surface area contributed by atoms with E-state index in [4.69, 9.17) is 0 Å². The van der Waals surface area contributed by atoms with E-state index in [1.54, 1.807) is 29.2 Å². The molecule has 4 amide bonds. The number of fused-ring (bicyclic) bond motifs is 1. The van der Waals surface area contributed by atoms with E-state index < -0.39 is 24.9 Å². The minimum absolute atomic E-state index is 0.0755. The number of anilines is 1. The number of carbonyl (C=O) groups excluding carboxylic acids is 3. The Bertz CT molecular complexity index is 1520. The molecular weight excluding hydrogens is 587 g/mol. The number of urea groups is 1. The van der Waals surface area contributed by atoms with Crippen molar-refractivity contribution >= 4 is 23.5 Å². The summed E-state index contributed by atoms with van der Waals surface area (Å²) in [5.41, 5.74) is 3.74. The van der Waals surface area contributed by atoms with Crippen LogP contribution >= 0.6 is 0 Å². The summed E-state index contributed by atoms with van der Waals surface area (Å²) in [7, 11) is 0. The van der Waals surface area contributed by atoms with Crippen LogP contribution in [0, 0.1) is 0 Å². The number of rotatable bonds is 9. The number of amides is 4. The topological polar surface area (TPSA) is 99.7 Å². The summed E-state index contributed by atoms with van der Waals surface area (Å²) >= 11 is 0. The van der Waals surface area contributed by atoms with Crippen molar-refractivity contribution < 1.29 is 23.9 Å². The van der Waals surface area contributed by atoms with Crippen LogP contribution in [0.5, 0.6) is 5.75 Å². The molecule has 0 saturated carbocycles. The zero-order chi connectivity index (χ0) is 32.0. The molecule has 0 bridgehead atoms. The van der Waals surface area contributed by atoms with E-state index >= 15 is 0 Å². The van der Waals surface area contributed by atoms with Gasteiger partial charge in [0.2, 0.25) is 11.8 Å². The van der Waals surface area contributed by atoms with Crippen LogP contribution in [0.1, 0.15) is 36.0 Å². The van der Waals surface area contributed by atoms with Gasteiger partial charge in [-0.2, -0.15) is 0 Å². The molecule has 46 heavy (non-hydrogen) atoms. The second-order valence-corrected chi connectivity index (χ2v) is 12.2. The first-order valence-corrected chi connectivity index (χ1v) is 16.0. The van der Waals surface area contributed by atoms with E-state index in [0.29, 0.717) is 6.54 Å². The molecule has 2 N–H and O–H groups in total. The highest BCUT2D eigenvalue weighted by Crippen LogP contribution is 2.30. The second-order valence-electron chi connectivity index (χ2n) is 12.2. The van der Waals surface area contributed by atoms with E-state index in [-0.39, 0.29) is 50.2 Å². The van der Waals surface area contributed by atoms with Crippen molar-refractivity contribution in [3.8, 4) is 5.75 Å². The minimum Gasteiger partial charge on any atom is -0.508 e. The predicted molar refractivity (Wildman–Crippen MR) is 172 cm³/mol. The number of hydrogen-bond donors (Lipinski definition) is 2. The molecule has 3 fully saturated rings. The van der Waals surface area contributed by atoms with Crippen molar-refractivity contribution in [2.45, 2.75) is 51.0 Å². The lowest BCUT2D eigenvalue weighted by atomic mass is 9.98. The van der Waals surface area contributed by atoms with Crippen LogP contribution in [0.4, 0.5) is 14.9 Å². The van der Waals surface area contributed by atoms with E-state index in [1.165, 1.54) is 21.3 Å². The first-order chi connectivity index (χ1) is 22.4.